The highest BCUT2D eigenvalue weighted by Crippen LogP contribution is 2.34. The summed E-state index contributed by atoms with van der Waals surface area (Å²) < 4.78 is 128. The number of hydrogen-bond acceptors (Lipinski definition) is 11. The number of alkyl halides is 6. The van der Waals surface area contributed by atoms with Crippen LogP contribution >= 0.6 is 0 Å². The molecule has 290 valence electrons. The Morgan fingerprint density at radius 3 is 2.12 bits per heavy atom. The van der Waals surface area contributed by atoms with Crippen LogP contribution in [0.5, 0.6) is 0 Å². The Labute approximate surface area is 294 Å². The van der Waals surface area contributed by atoms with Gasteiger partial charge in [-0.15, -0.1) is 0 Å². The molecule has 0 radical (unpaired) electrons. The number of amides is 1. The van der Waals surface area contributed by atoms with E-state index >= 15 is 0 Å². The molecule has 0 saturated heterocycles. The largest absolute Gasteiger partial charge is 0.444 e. The Morgan fingerprint density at radius 2 is 1.60 bits per heavy atom. The van der Waals surface area contributed by atoms with Gasteiger partial charge in [-0.25, -0.2) is 22.7 Å². The van der Waals surface area contributed by atoms with Crippen LogP contribution in [-0.2, 0) is 24.2 Å². The van der Waals surface area contributed by atoms with Crippen LogP contribution in [0, 0.1) is 10.1 Å². The maximum absolute atomic E-state index is 14.4. The summed E-state index contributed by atoms with van der Waals surface area (Å²) in [4.78, 5) is 26.4. The molecule has 0 spiro atoms. The van der Waals surface area contributed by atoms with E-state index < -0.39 is 86.0 Å². The molecule has 0 bridgehead atoms. The van der Waals surface area contributed by atoms with E-state index in [9.17, 15) is 49.7 Å². The number of nitrogens with zero attached hydrogens (tertiary/aromatic N) is 4. The van der Waals surface area contributed by atoms with Crippen LogP contribution in [0.4, 0.5) is 36.8 Å². The number of aromatic nitrogens is 3. The average Bonchev–Trinajstić information content (AvgIpc) is 3.42. The lowest BCUT2D eigenvalue weighted by molar-refractivity contribution is -0.384. The van der Waals surface area contributed by atoms with Crippen LogP contribution in [0.15, 0.2) is 47.6 Å². The number of alkyl carbamates (subject to hydrolysis) is 1. The van der Waals surface area contributed by atoms with Crippen LogP contribution in [0.2, 0.25) is 0 Å². The molecule has 3 rings (SSSR count). The van der Waals surface area contributed by atoms with Gasteiger partial charge in [-0.2, -0.15) is 36.2 Å². The van der Waals surface area contributed by atoms with Crippen molar-refractivity contribution in [3.05, 3.63) is 64.1 Å². The zero-order valence-electron chi connectivity index (χ0n) is 29.0. The minimum Gasteiger partial charge on any atom is -0.444 e. The van der Waals surface area contributed by atoms with Gasteiger partial charge in [0.25, 0.3) is 5.69 Å². The van der Waals surface area contributed by atoms with E-state index in [1.807, 2.05) is 0 Å². The predicted molar refractivity (Wildman–Crippen MR) is 172 cm³/mol. The second-order valence-corrected chi connectivity index (χ2v) is 15.0. The van der Waals surface area contributed by atoms with E-state index in [1.54, 1.807) is 25.5 Å². The van der Waals surface area contributed by atoms with E-state index in [0.29, 0.717) is 6.92 Å². The van der Waals surface area contributed by atoms with Gasteiger partial charge in [0, 0.05) is 25.8 Å². The Balaban J connectivity index is 1.91. The second-order valence-electron chi connectivity index (χ2n) is 13.4. The minimum absolute atomic E-state index is 0.00929. The number of halogens is 6. The van der Waals surface area contributed by atoms with Gasteiger partial charge < -0.3 is 24.8 Å². The number of carbonyl (C=O) groups excluding carboxylic acids is 1. The number of sulfonamides is 1. The van der Waals surface area contributed by atoms with Crippen LogP contribution in [0.25, 0.3) is 5.65 Å². The van der Waals surface area contributed by atoms with Crippen LogP contribution in [0.3, 0.4) is 0 Å². The molecule has 52 heavy (non-hydrogen) atoms. The fourth-order valence-electron chi connectivity index (χ4n) is 4.36. The normalized spacial score (nSPS) is 15.6. The van der Waals surface area contributed by atoms with E-state index in [4.69, 9.17) is 14.2 Å². The number of non-ortho nitro benzene ring substituents is 1. The molecule has 1 aromatic carbocycles. The number of fused-ring (bicyclic) bond motifs is 1. The highest BCUT2D eigenvalue weighted by molar-refractivity contribution is 7.89. The van der Waals surface area contributed by atoms with Crippen molar-refractivity contribution in [1.82, 2.24) is 30.0 Å². The van der Waals surface area contributed by atoms with Crippen molar-refractivity contribution in [2.45, 2.75) is 87.6 Å². The van der Waals surface area contributed by atoms with Gasteiger partial charge in [-0.3, -0.25) is 10.1 Å². The van der Waals surface area contributed by atoms with E-state index in [1.165, 1.54) is 30.1 Å². The Hall–Kier alpha value is -4.12. The smallest absolute Gasteiger partial charge is 0.416 e. The first kappa shape index (κ1) is 42.3. The van der Waals surface area contributed by atoms with Crippen molar-refractivity contribution in [2.75, 3.05) is 26.9 Å². The zero-order chi connectivity index (χ0) is 39.5. The SMILES string of the molecule is COC[C@@H](NC[C@](C)(NS(=O)(=O)c1ccc([N+](=O)[O-])cc1)C(F)(F)F)c1cnn2cc([C@H](COC(C)(C)C(F)(F)F)NC(=O)OC(C)(C)C)nc2c1. The predicted octanol–water partition coefficient (Wildman–Crippen LogP) is 5.14. The molecule has 2 aromatic heterocycles. The lowest BCUT2D eigenvalue weighted by atomic mass is 10.0. The number of ether oxygens (including phenoxy) is 3. The molecule has 0 unspecified atom stereocenters. The lowest BCUT2D eigenvalue weighted by Gasteiger charge is -2.34. The van der Waals surface area contributed by atoms with Gasteiger partial charge >= 0.3 is 18.4 Å². The van der Waals surface area contributed by atoms with E-state index in [-0.39, 0.29) is 23.5 Å². The Morgan fingerprint density at radius 1 is 0.981 bits per heavy atom. The van der Waals surface area contributed by atoms with Crippen molar-refractivity contribution < 1.29 is 58.7 Å². The molecule has 15 nitrogen and oxygen atoms in total. The van der Waals surface area contributed by atoms with Gasteiger partial charge in [0.2, 0.25) is 10.0 Å². The molecular formula is C30H39F6N7O8S. The number of nitro groups is 1. The molecule has 3 N–H and O–H groups in total. The fourth-order valence-corrected chi connectivity index (χ4v) is 5.75. The van der Waals surface area contributed by atoms with Gasteiger partial charge in [0.05, 0.1) is 53.2 Å². The molecule has 0 saturated carbocycles. The number of rotatable bonds is 15. The summed E-state index contributed by atoms with van der Waals surface area (Å²) in [5.41, 5.74) is -6.83. The third kappa shape index (κ3) is 10.7. The molecule has 0 aliphatic carbocycles. The van der Waals surface area contributed by atoms with Crippen molar-refractivity contribution in [2.24, 2.45) is 0 Å². The maximum atomic E-state index is 14.4. The first-order chi connectivity index (χ1) is 23.7. The van der Waals surface area contributed by atoms with Crippen LogP contribution < -0.4 is 15.4 Å². The molecule has 3 atom stereocenters. The molecule has 2 heterocycles. The van der Waals surface area contributed by atoms with Crippen molar-refractivity contribution >= 4 is 27.5 Å². The summed E-state index contributed by atoms with van der Waals surface area (Å²) in [6.07, 6.45) is -8.32. The molecule has 0 fully saturated rings. The monoisotopic (exact) mass is 771 g/mol. The van der Waals surface area contributed by atoms with Crippen LogP contribution in [0.1, 0.15) is 64.9 Å². The van der Waals surface area contributed by atoms with Crippen LogP contribution in [-0.4, -0.2) is 90.0 Å². The number of carbonyl (C=O) groups is 1. The summed E-state index contributed by atoms with van der Waals surface area (Å²) in [6.45, 7) is 5.00. The number of nitrogens with one attached hydrogen (secondary N) is 3. The van der Waals surface area contributed by atoms with Crippen molar-refractivity contribution in [1.29, 1.82) is 0 Å². The Bertz CT molecular complexity index is 1830. The molecule has 22 heteroatoms. The third-order valence-electron chi connectivity index (χ3n) is 7.48. The number of benzene rings is 1. The number of methoxy groups -OCH3 is 1. The molecule has 1 amide bonds. The summed E-state index contributed by atoms with van der Waals surface area (Å²) in [5, 5.41) is 20.2. The quantitative estimate of drug-likeness (QED) is 0.106. The maximum Gasteiger partial charge on any atom is 0.416 e. The average molecular weight is 772 g/mol. The summed E-state index contributed by atoms with van der Waals surface area (Å²) in [5.74, 6) is 0. The molecule has 0 aliphatic rings. The number of hydrogen-bond donors (Lipinski definition) is 3. The lowest BCUT2D eigenvalue weighted by Crippen LogP contribution is -2.62. The second kappa shape index (κ2) is 15.5. The fraction of sp³-hybridized carbons (Fsp3) is 0.567. The standard InChI is InChI=1S/C30H39F6N7O8S/c1-26(2,3)51-25(44)40-23(16-50-27(4,5)29(31,32)33)21-14-42-24(39-21)12-18(13-38-42)22(15-49-7)37-17-28(6,30(34,35)36)41-52(47,48)20-10-8-19(9-11-20)43(45)46/h8-14,22-23,37,41H,15-17H2,1-7H3,(H,40,44)/t22-,23+,28+/m1/s1. The molecule has 3 aromatic rings. The summed E-state index contributed by atoms with van der Waals surface area (Å²) in [7, 11) is -3.58. The van der Waals surface area contributed by atoms with Gasteiger partial charge in [0.1, 0.15) is 11.1 Å². The van der Waals surface area contributed by atoms with Crippen molar-refractivity contribution in [3.63, 3.8) is 0 Å². The van der Waals surface area contributed by atoms with Crippen molar-refractivity contribution in [3.8, 4) is 0 Å². The summed E-state index contributed by atoms with van der Waals surface area (Å²) in [6, 6.07) is 2.35. The third-order valence-corrected chi connectivity index (χ3v) is 9.09. The Kier molecular flexibility index (Phi) is 12.6. The summed E-state index contributed by atoms with van der Waals surface area (Å²) >= 11 is 0. The number of nitro benzene ring substituents is 1. The van der Waals surface area contributed by atoms with E-state index in [2.05, 4.69) is 20.7 Å². The zero-order valence-corrected chi connectivity index (χ0v) is 29.9. The minimum atomic E-state index is -5.15. The van der Waals surface area contributed by atoms with Gasteiger partial charge in [0.15, 0.2) is 11.2 Å². The highest BCUT2D eigenvalue weighted by Gasteiger charge is 2.53. The van der Waals surface area contributed by atoms with Gasteiger partial charge in [-0.05, 0) is 65.3 Å². The van der Waals surface area contributed by atoms with E-state index in [0.717, 1.165) is 38.1 Å². The first-order valence-corrected chi connectivity index (χ1v) is 16.8. The molecule has 0 aliphatic heterocycles. The first-order valence-electron chi connectivity index (χ1n) is 15.3. The molecular weight excluding hydrogens is 732 g/mol. The highest BCUT2D eigenvalue weighted by atomic mass is 32.2. The van der Waals surface area contributed by atoms with Gasteiger partial charge in [-0.1, -0.05) is 0 Å². The topological polar surface area (TPSA) is 188 Å². The number of imidazole rings is 1.